The maximum atomic E-state index is 13.8. The number of nitrogens with one attached hydrogen (secondary N) is 1. The molecule has 1 atom stereocenters. The molecule has 0 bridgehead atoms. The van der Waals surface area contributed by atoms with Crippen LogP contribution in [0.25, 0.3) is 0 Å². The number of carbonyl (C=O) groups excluding carboxylic acids is 1. The Hall–Kier alpha value is -2.97. The molecular weight excluding hydrogens is 475 g/mol. The van der Waals surface area contributed by atoms with Gasteiger partial charge in [-0.3, -0.25) is 9.48 Å². The van der Waals surface area contributed by atoms with Crippen LogP contribution in [0.15, 0.2) is 36.4 Å². The van der Waals surface area contributed by atoms with Gasteiger partial charge in [-0.25, -0.2) is 13.6 Å². The number of rotatable bonds is 7. The second-order valence-electron chi connectivity index (χ2n) is 7.63. The van der Waals surface area contributed by atoms with Crippen molar-refractivity contribution in [3.63, 3.8) is 0 Å². The number of nitrogens with zero attached hydrogens (tertiary/aromatic N) is 2. The largest absolute Gasteiger partial charge is 0.478 e. The minimum Gasteiger partial charge on any atom is -0.478 e. The maximum Gasteiger partial charge on any atom is 0.335 e. The van der Waals surface area contributed by atoms with E-state index >= 15 is 0 Å². The van der Waals surface area contributed by atoms with Gasteiger partial charge in [0.2, 0.25) is 0 Å². The van der Waals surface area contributed by atoms with Crippen LogP contribution in [-0.2, 0) is 13.5 Å². The summed E-state index contributed by atoms with van der Waals surface area (Å²) < 4.78 is 28.6. The van der Waals surface area contributed by atoms with E-state index in [2.05, 4.69) is 10.4 Å². The second-order valence-corrected chi connectivity index (χ2v) is 8.45. The Morgan fingerprint density at radius 3 is 2.42 bits per heavy atom. The SMILES string of the molecule is Cc1cc([C@H](C)NC(=O)c2c(Cc3ccc(Cl)c(Cl)c3)nn(C)c2C(F)F)ccc1C(=O)O. The van der Waals surface area contributed by atoms with E-state index in [0.29, 0.717) is 26.7 Å². The lowest BCUT2D eigenvalue weighted by Gasteiger charge is -2.16. The van der Waals surface area contributed by atoms with Crippen molar-refractivity contribution in [1.82, 2.24) is 15.1 Å². The first-order valence-corrected chi connectivity index (χ1v) is 10.7. The fraction of sp³-hybridized carbons (Fsp3) is 0.261. The van der Waals surface area contributed by atoms with Crippen LogP contribution < -0.4 is 5.32 Å². The van der Waals surface area contributed by atoms with Crippen LogP contribution in [-0.4, -0.2) is 26.8 Å². The van der Waals surface area contributed by atoms with E-state index in [0.717, 1.165) is 4.68 Å². The zero-order valence-electron chi connectivity index (χ0n) is 18.0. The summed E-state index contributed by atoms with van der Waals surface area (Å²) in [6.45, 7) is 3.33. The van der Waals surface area contributed by atoms with E-state index in [1.807, 2.05) is 0 Å². The number of halogens is 4. The van der Waals surface area contributed by atoms with Gasteiger partial charge in [0.15, 0.2) is 0 Å². The molecule has 2 aromatic carbocycles. The molecule has 33 heavy (non-hydrogen) atoms. The molecule has 1 heterocycles. The lowest BCUT2D eigenvalue weighted by atomic mass is 10.00. The van der Waals surface area contributed by atoms with Crippen molar-refractivity contribution in [3.8, 4) is 0 Å². The second kappa shape index (κ2) is 9.89. The monoisotopic (exact) mass is 495 g/mol. The van der Waals surface area contributed by atoms with Crippen LogP contribution in [0.1, 0.15) is 68.2 Å². The van der Waals surface area contributed by atoms with Crippen molar-refractivity contribution in [1.29, 1.82) is 0 Å². The number of amides is 1. The average molecular weight is 496 g/mol. The Morgan fingerprint density at radius 2 is 1.85 bits per heavy atom. The quantitative estimate of drug-likeness (QED) is 0.436. The van der Waals surface area contributed by atoms with E-state index in [1.165, 1.54) is 13.1 Å². The minimum absolute atomic E-state index is 0.0982. The van der Waals surface area contributed by atoms with Gasteiger partial charge in [0.1, 0.15) is 5.69 Å². The summed E-state index contributed by atoms with van der Waals surface area (Å²) in [4.78, 5) is 24.4. The molecule has 2 N–H and O–H groups in total. The third-order valence-corrected chi connectivity index (χ3v) is 6.02. The molecule has 1 amide bonds. The Morgan fingerprint density at radius 1 is 1.15 bits per heavy atom. The minimum atomic E-state index is -2.92. The zero-order chi connectivity index (χ0) is 24.4. The summed E-state index contributed by atoms with van der Waals surface area (Å²) in [6.07, 6.45) is -2.82. The summed E-state index contributed by atoms with van der Waals surface area (Å²) >= 11 is 12.0. The van der Waals surface area contributed by atoms with Crippen molar-refractivity contribution < 1.29 is 23.5 Å². The van der Waals surface area contributed by atoms with Crippen molar-refractivity contribution in [2.75, 3.05) is 0 Å². The number of carbonyl (C=O) groups is 2. The van der Waals surface area contributed by atoms with Crippen molar-refractivity contribution in [2.24, 2.45) is 7.05 Å². The van der Waals surface area contributed by atoms with Crippen LogP contribution in [0.3, 0.4) is 0 Å². The van der Waals surface area contributed by atoms with Gasteiger partial charge < -0.3 is 10.4 Å². The predicted molar refractivity (Wildman–Crippen MR) is 121 cm³/mol. The molecule has 3 aromatic rings. The van der Waals surface area contributed by atoms with E-state index in [4.69, 9.17) is 23.2 Å². The van der Waals surface area contributed by atoms with Crippen molar-refractivity contribution >= 4 is 35.1 Å². The summed E-state index contributed by atoms with van der Waals surface area (Å²) in [5, 5.41) is 16.7. The molecule has 0 aliphatic rings. The van der Waals surface area contributed by atoms with E-state index < -0.39 is 30.0 Å². The number of aryl methyl sites for hydroxylation is 2. The smallest absolute Gasteiger partial charge is 0.335 e. The first kappa shape index (κ1) is 24.7. The highest BCUT2D eigenvalue weighted by Gasteiger charge is 2.29. The Labute approximate surface area is 199 Å². The standard InChI is InChI=1S/C23H21Cl2F2N3O3/c1-11-8-14(5-6-15(11)23(32)33)12(2)28-22(31)19-18(29-30(3)20(19)21(26)27)10-13-4-7-16(24)17(25)9-13/h4-9,12,21H,10H2,1-3H3,(H,28,31)(H,32,33)/t12-/m0/s1. The van der Waals surface area contributed by atoms with Gasteiger partial charge in [-0.05, 0) is 48.7 Å². The highest BCUT2D eigenvalue weighted by atomic mass is 35.5. The van der Waals surface area contributed by atoms with Gasteiger partial charge in [0, 0.05) is 13.5 Å². The van der Waals surface area contributed by atoms with E-state index in [1.54, 1.807) is 44.2 Å². The van der Waals surface area contributed by atoms with Crippen molar-refractivity contribution in [2.45, 2.75) is 32.7 Å². The maximum absolute atomic E-state index is 13.8. The number of carboxylic acids is 1. The lowest BCUT2D eigenvalue weighted by Crippen LogP contribution is -2.28. The average Bonchev–Trinajstić information content (AvgIpc) is 3.06. The fourth-order valence-corrected chi connectivity index (χ4v) is 3.93. The first-order valence-electron chi connectivity index (χ1n) is 9.92. The van der Waals surface area contributed by atoms with E-state index in [9.17, 15) is 23.5 Å². The molecule has 10 heteroatoms. The molecule has 174 valence electrons. The molecule has 0 saturated heterocycles. The number of hydrogen-bond donors (Lipinski definition) is 2. The fourth-order valence-electron chi connectivity index (χ4n) is 3.61. The molecule has 0 saturated carbocycles. The van der Waals surface area contributed by atoms with Crippen LogP contribution >= 0.6 is 23.2 Å². The zero-order valence-corrected chi connectivity index (χ0v) is 19.5. The molecule has 0 fully saturated rings. The highest BCUT2D eigenvalue weighted by Crippen LogP contribution is 2.29. The van der Waals surface area contributed by atoms with Gasteiger partial charge in [-0.2, -0.15) is 5.10 Å². The lowest BCUT2D eigenvalue weighted by molar-refractivity contribution is 0.0695. The normalized spacial score (nSPS) is 12.1. The number of carboxylic acid groups (broad SMARTS) is 1. The third-order valence-electron chi connectivity index (χ3n) is 5.28. The first-order chi connectivity index (χ1) is 15.5. The number of benzene rings is 2. The number of aromatic nitrogens is 2. The summed E-state index contributed by atoms with van der Waals surface area (Å²) in [7, 11) is 1.36. The van der Waals surface area contributed by atoms with Gasteiger partial charge >= 0.3 is 5.97 Å². The number of hydrogen-bond acceptors (Lipinski definition) is 3. The molecule has 0 spiro atoms. The van der Waals surface area contributed by atoms with Crippen LogP contribution in [0, 0.1) is 6.92 Å². The molecule has 6 nitrogen and oxygen atoms in total. The summed E-state index contributed by atoms with van der Waals surface area (Å²) in [5.74, 6) is -1.76. The predicted octanol–water partition coefficient (Wildman–Crippen LogP) is 5.75. The molecule has 3 rings (SSSR count). The molecule has 0 aliphatic carbocycles. The molecule has 1 aromatic heterocycles. The van der Waals surface area contributed by atoms with Gasteiger partial charge in [-0.15, -0.1) is 0 Å². The molecule has 0 aliphatic heterocycles. The molecule has 0 radical (unpaired) electrons. The Bertz CT molecular complexity index is 1230. The van der Waals surface area contributed by atoms with Crippen LogP contribution in [0.4, 0.5) is 8.78 Å². The van der Waals surface area contributed by atoms with Crippen LogP contribution in [0.2, 0.25) is 10.0 Å². The van der Waals surface area contributed by atoms with E-state index in [-0.39, 0.29) is 23.2 Å². The highest BCUT2D eigenvalue weighted by molar-refractivity contribution is 6.42. The topological polar surface area (TPSA) is 84.2 Å². The summed E-state index contributed by atoms with van der Waals surface area (Å²) in [5.41, 5.74) is 1.44. The van der Waals surface area contributed by atoms with Gasteiger partial charge in [-0.1, -0.05) is 41.4 Å². The molecular formula is C23H21Cl2F2N3O3. The van der Waals surface area contributed by atoms with Gasteiger partial charge in [0.05, 0.1) is 32.9 Å². The summed E-state index contributed by atoms with van der Waals surface area (Å²) in [6, 6.07) is 8.96. The van der Waals surface area contributed by atoms with Crippen molar-refractivity contribution in [3.05, 3.63) is 85.6 Å². The Kier molecular flexibility index (Phi) is 7.39. The van der Waals surface area contributed by atoms with Crippen LogP contribution in [0.5, 0.6) is 0 Å². The number of alkyl halides is 2. The van der Waals surface area contributed by atoms with Gasteiger partial charge in [0.25, 0.3) is 12.3 Å². The number of aromatic carboxylic acids is 1. The third kappa shape index (κ3) is 5.34. The molecule has 0 unspecified atom stereocenters. The Balaban J connectivity index is 1.93.